The van der Waals surface area contributed by atoms with Crippen LogP contribution in [0.5, 0.6) is 5.75 Å². The first-order valence-electron chi connectivity index (χ1n) is 7.76. The number of hydrogen-bond acceptors (Lipinski definition) is 4. The zero-order valence-corrected chi connectivity index (χ0v) is 12.9. The highest BCUT2D eigenvalue weighted by molar-refractivity contribution is 5.91. The second-order valence-corrected chi connectivity index (χ2v) is 5.61. The molecule has 2 heterocycles. The fourth-order valence-electron chi connectivity index (χ4n) is 2.87. The first kappa shape index (κ1) is 14.4. The van der Waals surface area contributed by atoms with Crippen LogP contribution >= 0.6 is 0 Å². The number of aromatic nitrogens is 3. The lowest BCUT2D eigenvalue weighted by Gasteiger charge is -2.25. The average molecular weight is 320 g/mol. The van der Waals surface area contributed by atoms with E-state index < -0.39 is 0 Å². The van der Waals surface area contributed by atoms with Crippen LogP contribution in [0.1, 0.15) is 23.6 Å². The number of benzene rings is 2. The smallest absolute Gasteiger partial charge is 0.229 e. The fraction of sp³-hybridized carbons (Fsp3) is 0.167. The number of amides is 1. The third kappa shape index (κ3) is 2.74. The first-order chi connectivity index (χ1) is 11.8. The molecule has 1 N–H and O–H groups in total. The van der Waals surface area contributed by atoms with Crippen molar-refractivity contribution in [1.29, 1.82) is 0 Å². The SMILES string of the molecule is O=C1C[C@@H](c2ccccc2OCc2ccccc2)n2ncnc2N1. The van der Waals surface area contributed by atoms with Crippen LogP contribution in [0, 0.1) is 0 Å². The molecule has 2 aromatic carbocycles. The number of fused-ring (bicyclic) bond motifs is 1. The molecule has 6 nitrogen and oxygen atoms in total. The van der Waals surface area contributed by atoms with Crippen molar-refractivity contribution in [2.75, 3.05) is 5.32 Å². The zero-order valence-electron chi connectivity index (χ0n) is 12.9. The highest BCUT2D eigenvalue weighted by atomic mass is 16.5. The predicted molar refractivity (Wildman–Crippen MR) is 88.6 cm³/mol. The summed E-state index contributed by atoms with van der Waals surface area (Å²) in [6.07, 6.45) is 1.75. The van der Waals surface area contributed by atoms with Crippen molar-refractivity contribution in [3.05, 3.63) is 72.1 Å². The molecule has 0 spiro atoms. The lowest BCUT2D eigenvalue weighted by atomic mass is 10.0. The van der Waals surface area contributed by atoms with Crippen LogP contribution in [0.15, 0.2) is 60.9 Å². The van der Waals surface area contributed by atoms with E-state index in [1.54, 1.807) is 4.68 Å². The summed E-state index contributed by atoms with van der Waals surface area (Å²) in [5.41, 5.74) is 2.02. The van der Waals surface area contributed by atoms with E-state index in [0.717, 1.165) is 16.9 Å². The van der Waals surface area contributed by atoms with E-state index in [1.165, 1.54) is 6.33 Å². The van der Waals surface area contributed by atoms with Crippen LogP contribution in [0.2, 0.25) is 0 Å². The molecule has 0 unspecified atom stereocenters. The Labute approximate surface area is 139 Å². The Kier molecular flexibility index (Phi) is 3.70. The number of para-hydroxylation sites is 1. The second kappa shape index (κ2) is 6.16. The van der Waals surface area contributed by atoms with E-state index in [9.17, 15) is 4.79 Å². The second-order valence-electron chi connectivity index (χ2n) is 5.61. The molecule has 1 aliphatic rings. The number of nitrogens with zero attached hydrogens (tertiary/aromatic N) is 3. The Morgan fingerprint density at radius 2 is 1.92 bits per heavy atom. The van der Waals surface area contributed by atoms with Gasteiger partial charge in [0.15, 0.2) is 0 Å². The molecule has 1 aliphatic heterocycles. The van der Waals surface area contributed by atoms with Crippen molar-refractivity contribution >= 4 is 11.9 Å². The monoisotopic (exact) mass is 320 g/mol. The van der Waals surface area contributed by atoms with E-state index in [-0.39, 0.29) is 11.9 Å². The number of ether oxygens (including phenoxy) is 1. The summed E-state index contributed by atoms with van der Waals surface area (Å²) < 4.78 is 7.74. The molecular formula is C18H16N4O2. The van der Waals surface area contributed by atoms with Crippen LogP contribution in [0.4, 0.5) is 5.95 Å². The number of hydrogen-bond donors (Lipinski definition) is 1. The average Bonchev–Trinajstić information content (AvgIpc) is 3.09. The summed E-state index contributed by atoms with van der Waals surface area (Å²) in [4.78, 5) is 16.1. The molecule has 1 aromatic heterocycles. The minimum absolute atomic E-state index is 0.0710. The first-order valence-corrected chi connectivity index (χ1v) is 7.76. The third-order valence-corrected chi connectivity index (χ3v) is 4.01. The van der Waals surface area contributed by atoms with Crippen LogP contribution < -0.4 is 10.1 Å². The molecule has 0 bridgehead atoms. The van der Waals surface area contributed by atoms with Gasteiger partial charge in [0.1, 0.15) is 18.7 Å². The quantitative estimate of drug-likeness (QED) is 0.802. The number of carbonyl (C=O) groups is 1. The van der Waals surface area contributed by atoms with E-state index >= 15 is 0 Å². The molecule has 0 radical (unpaired) electrons. The van der Waals surface area contributed by atoms with Gasteiger partial charge in [-0.25, -0.2) is 4.68 Å². The van der Waals surface area contributed by atoms with Gasteiger partial charge in [-0.3, -0.25) is 10.1 Å². The largest absolute Gasteiger partial charge is 0.489 e. The van der Waals surface area contributed by atoms with Gasteiger partial charge in [0, 0.05) is 5.56 Å². The van der Waals surface area contributed by atoms with Gasteiger partial charge in [0.25, 0.3) is 0 Å². The Balaban J connectivity index is 1.64. The lowest BCUT2D eigenvalue weighted by molar-refractivity contribution is -0.117. The molecule has 120 valence electrons. The van der Waals surface area contributed by atoms with Gasteiger partial charge in [-0.1, -0.05) is 48.5 Å². The summed E-state index contributed by atoms with van der Waals surface area (Å²) in [5, 5.41) is 6.97. The fourth-order valence-corrected chi connectivity index (χ4v) is 2.87. The van der Waals surface area contributed by atoms with Crippen molar-refractivity contribution in [1.82, 2.24) is 14.8 Å². The van der Waals surface area contributed by atoms with Gasteiger partial charge in [-0.15, -0.1) is 0 Å². The minimum Gasteiger partial charge on any atom is -0.489 e. The highest BCUT2D eigenvalue weighted by Gasteiger charge is 2.29. The van der Waals surface area contributed by atoms with Gasteiger partial charge < -0.3 is 4.74 Å². The Bertz CT molecular complexity index is 860. The molecule has 4 rings (SSSR count). The maximum Gasteiger partial charge on any atom is 0.229 e. The normalized spacial score (nSPS) is 16.3. The summed E-state index contributed by atoms with van der Waals surface area (Å²) in [6, 6.07) is 17.5. The van der Waals surface area contributed by atoms with Crippen molar-refractivity contribution in [3.8, 4) is 5.75 Å². The third-order valence-electron chi connectivity index (χ3n) is 4.01. The van der Waals surface area contributed by atoms with Crippen molar-refractivity contribution in [2.45, 2.75) is 19.1 Å². The Hall–Kier alpha value is -3.15. The van der Waals surface area contributed by atoms with Crippen molar-refractivity contribution in [3.63, 3.8) is 0 Å². The molecule has 0 saturated heterocycles. The lowest BCUT2D eigenvalue weighted by Crippen LogP contribution is -2.29. The van der Waals surface area contributed by atoms with Gasteiger partial charge in [-0.05, 0) is 11.6 Å². The van der Waals surface area contributed by atoms with Crippen molar-refractivity contribution in [2.24, 2.45) is 0 Å². The zero-order chi connectivity index (χ0) is 16.4. The van der Waals surface area contributed by atoms with Crippen LogP contribution in [0.25, 0.3) is 0 Å². The maximum absolute atomic E-state index is 12.0. The van der Waals surface area contributed by atoms with Gasteiger partial charge >= 0.3 is 0 Å². The van der Waals surface area contributed by atoms with E-state index in [0.29, 0.717) is 19.0 Å². The molecule has 0 saturated carbocycles. The Morgan fingerprint density at radius 3 is 2.79 bits per heavy atom. The molecule has 0 aliphatic carbocycles. The molecule has 24 heavy (non-hydrogen) atoms. The number of anilines is 1. The number of nitrogens with one attached hydrogen (secondary N) is 1. The summed E-state index contributed by atoms with van der Waals surface area (Å²) in [5.74, 6) is 1.15. The standard InChI is InChI=1S/C18H16N4O2/c23-17-10-15(22-18(21-17)19-12-20-22)14-8-4-5-9-16(14)24-11-13-6-2-1-3-7-13/h1-9,12,15H,10-11H2,(H,19,20,21,23)/t15-/m0/s1. The highest BCUT2D eigenvalue weighted by Crippen LogP contribution is 2.34. The molecular weight excluding hydrogens is 304 g/mol. The minimum atomic E-state index is -0.219. The number of rotatable bonds is 4. The van der Waals surface area contributed by atoms with Crippen LogP contribution in [-0.4, -0.2) is 20.7 Å². The van der Waals surface area contributed by atoms with Gasteiger partial charge in [0.2, 0.25) is 11.9 Å². The van der Waals surface area contributed by atoms with E-state index in [4.69, 9.17) is 4.74 Å². The number of carbonyl (C=O) groups excluding carboxylic acids is 1. The molecule has 1 atom stereocenters. The van der Waals surface area contributed by atoms with Gasteiger partial charge in [-0.2, -0.15) is 10.1 Å². The van der Waals surface area contributed by atoms with Crippen LogP contribution in [0.3, 0.4) is 0 Å². The molecule has 3 aromatic rings. The van der Waals surface area contributed by atoms with Crippen LogP contribution in [-0.2, 0) is 11.4 Å². The molecule has 1 amide bonds. The summed E-state index contributed by atoms with van der Waals surface area (Å²) in [7, 11) is 0. The predicted octanol–water partition coefficient (Wildman–Crippen LogP) is 2.79. The summed E-state index contributed by atoms with van der Waals surface area (Å²) in [6.45, 7) is 0.473. The van der Waals surface area contributed by atoms with E-state index in [2.05, 4.69) is 15.4 Å². The molecule has 6 heteroatoms. The molecule has 0 fully saturated rings. The Morgan fingerprint density at radius 1 is 1.12 bits per heavy atom. The maximum atomic E-state index is 12.0. The van der Waals surface area contributed by atoms with Crippen molar-refractivity contribution < 1.29 is 9.53 Å². The topological polar surface area (TPSA) is 69.0 Å². The summed E-state index contributed by atoms with van der Waals surface area (Å²) >= 11 is 0. The van der Waals surface area contributed by atoms with E-state index in [1.807, 2.05) is 54.6 Å². The van der Waals surface area contributed by atoms with Gasteiger partial charge in [0.05, 0.1) is 12.5 Å².